The molecule has 0 bridgehead atoms. The van der Waals surface area contributed by atoms with Gasteiger partial charge < -0.3 is 29.0 Å². The Hall–Kier alpha value is -4.55. The van der Waals surface area contributed by atoms with Gasteiger partial charge in [0.2, 0.25) is 0 Å². The molecule has 0 aliphatic rings. The Morgan fingerprint density at radius 2 is 1.74 bits per heavy atom. The molecule has 0 aliphatic heterocycles. The average molecular weight is 535 g/mol. The standard InChI is InChI=1S/C25H24F3N3O7/c1-6-36-22-14(3)29-12-20(37-18-8-7-15(9-19(18)34-4)38-25(26,27)28)21(22)23(32)31-16-10-17(24(33)35-5)30-11-13(16)2/h7-12H,6H2,1-5H3,(H,30,31,32). The number of pyridine rings is 2. The highest BCUT2D eigenvalue weighted by Crippen LogP contribution is 2.40. The first-order valence-electron chi connectivity index (χ1n) is 11.1. The van der Waals surface area contributed by atoms with Crippen LogP contribution in [0.1, 0.15) is 39.0 Å². The number of carbonyl (C=O) groups excluding carboxylic acids is 2. The van der Waals surface area contributed by atoms with Crippen LogP contribution in [0.25, 0.3) is 0 Å². The van der Waals surface area contributed by atoms with E-state index in [4.69, 9.17) is 14.2 Å². The minimum absolute atomic E-state index is 0.0164. The number of hydrogen-bond acceptors (Lipinski definition) is 9. The van der Waals surface area contributed by atoms with Crippen molar-refractivity contribution in [3.63, 3.8) is 0 Å². The summed E-state index contributed by atoms with van der Waals surface area (Å²) < 4.78 is 63.2. The smallest absolute Gasteiger partial charge is 0.493 e. The van der Waals surface area contributed by atoms with E-state index in [0.717, 1.165) is 12.1 Å². The van der Waals surface area contributed by atoms with Gasteiger partial charge in [-0.3, -0.25) is 9.78 Å². The Labute approximate surface area is 215 Å². The van der Waals surface area contributed by atoms with Gasteiger partial charge in [0.15, 0.2) is 23.0 Å². The number of benzene rings is 1. The summed E-state index contributed by atoms with van der Waals surface area (Å²) in [4.78, 5) is 33.6. The summed E-state index contributed by atoms with van der Waals surface area (Å²) in [7, 11) is 2.44. The van der Waals surface area contributed by atoms with E-state index in [0.29, 0.717) is 11.3 Å². The number of aromatic nitrogens is 2. The second kappa shape index (κ2) is 11.7. The Balaban J connectivity index is 2.04. The van der Waals surface area contributed by atoms with E-state index in [-0.39, 0.29) is 46.5 Å². The summed E-state index contributed by atoms with van der Waals surface area (Å²) >= 11 is 0. The monoisotopic (exact) mass is 535 g/mol. The van der Waals surface area contributed by atoms with Crippen molar-refractivity contribution in [1.82, 2.24) is 9.97 Å². The van der Waals surface area contributed by atoms with E-state index in [2.05, 4.69) is 24.8 Å². The third-order valence-electron chi connectivity index (χ3n) is 5.03. The summed E-state index contributed by atoms with van der Waals surface area (Å²) in [6.07, 6.45) is -2.23. The Kier molecular flexibility index (Phi) is 8.61. The molecule has 0 aliphatic carbocycles. The first-order valence-corrected chi connectivity index (χ1v) is 11.1. The zero-order valence-electron chi connectivity index (χ0n) is 21.1. The molecule has 202 valence electrons. The van der Waals surface area contributed by atoms with Gasteiger partial charge in [0.05, 0.1) is 32.7 Å². The number of nitrogens with zero attached hydrogens (tertiary/aromatic N) is 2. The number of anilines is 1. The number of hydrogen-bond donors (Lipinski definition) is 1. The van der Waals surface area contributed by atoms with Crippen molar-refractivity contribution in [3.8, 4) is 28.7 Å². The van der Waals surface area contributed by atoms with Gasteiger partial charge in [-0.05, 0) is 44.5 Å². The molecule has 1 amide bonds. The predicted molar refractivity (Wildman–Crippen MR) is 128 cm³/mol. The number of ether oxygens (including phenoxy) is 5. The summed E-state index contributed by atoms with van der Waals surface area (Å²) in [5.74, 6) is -1.94. The number of alkyl halides is 3. The van der Waals surface area contributed by atoms with Crippen LogP contribution in [0.2, 0.25) is 0 Å². The summed E-state index contributed by atoms with van der Waals surface area (Å²) in [5, 5.41) is 2.71. The van der Waals surface area contributed by atoms with Crippen molar-refractivity contribution < 1.29 is 46.4 Å². The van der Waals surface area contributed by atoms with Gasteiger partial charge in [-0.15, -0.1) is 13.2 Å². The molecule has 2 heterocycles. The maximum atomic E-state index is 13.5. The highest BCUT2D eigenvalue weighted by Gasteiger charge is 2.31. The van der Waals surface area contributed by atoms with Crippen LogP contribution < -0.4 is 24.3 Å². The molecule has 3 rings (SSSR count). The zero-order valence-corrected chi connectivity index (χ0v) is 21.1. The van der Waals surface area contributed by atoms with E-state index in [1.165, 1.54) is 38.7 Å². The lowest BCUT2D eigenvalue weighted by molar-refractivity contribution is -0.274. The molecule has 1 aromatic carbocycles. The van der Waals surface area contributed by atoms with Gasteiger partial charge in [0.1, 0.15) is 17.0 Å². The van der Waals surface area contributed by atoms with Gasteiger partial charge in [0, 0.05) is 18.0 Å². The Morgan fingerprint density at radius 1 is 1.00 bits per heavy atom. The average Bonchev–Trinajstić information content (AvgIpc) is 2.86. The molecule has 0 atom stereocenters. The van der Waals surface area contributed by atoms with Crippen LogP contribution in [0, 0.1) is 13.8 Å². The Bertz CT molecular complexity index is 1350. The summed E-state index contributed by atoms with van der Waals surface area (Å²) in [6.45, 7) is 5.22. The number of aryl methyl sites for hydroxylation is 2. The fourth-order valence-corrected chi connectivity index (χ4v) is 3.29. The molecule has 10 nitrogen and oxygen atoms in total. The van der Waals surface area contributed by atoms with Crippen LogP contribution in [0.5, 0.6) is 28.7 Å². The second-order valence-corrected chi connectivity index (χ2v) is 7.64. The van der Waals surface area contributed by atoms with Crippen molar-refractivity contribution in [2.24, 2.45) is 0 Å². The zero-order chi connectivity index (χ0) is 28.0. The predicted octanol–water partition coefficient (Wildman–Crippen LogP) is 5.23. The van der Waals surface area contributed by atoms with Crippen LogP contribution >= 0.6 is 0 Å². The van der Waals surface area contributed by atoms with E-state index in [9.17, 15) is 22.8 Å². The Morgan fingerprint density at radius 3 is 2.37 bits per heavy atom. The van der Waals surface area contributed by atoms with E-state index >= 15 is 0 Å². The number of halogens is 3. The molecule has 38 heavy (non-hydrogen) atoms. The normalized spacial score (nSPS) is 10.9. The van der Waals surface area contributed by atoms with E-state index in [1.54, 1.807) is 20.8 Å². The third-order valence-corrected chi connectivity index (χ3v) is 5.03. The van der Waals surface area contributed by atoms with Crippen LogP contribution in [-0.2, 0) is 4.74 Å². The SMILES string of the molecule is CCOc1c(C)ncc(Oc2ccc(OC(F)(F)F)cc2OC)c1C(=O)Nc1cc(C(=O)OC)ncc1C. The van der Waals surface area contributed by atoms with Crippen molar-refractivity contribution in [1.29, 1.82) is 0 Å². The lowest BCUT2D eigenvalue weighted by Gasteiger charge is -2.18. The highest BCUT2D eigenvalue weighted by atomic mass is 19.4. The maximum absolute atomic E-state index is 13.5. The van der Waals surface area contributed by atoms with E-state index < -0.39 is 24.0 Å². The molecule has 0 saturated heterocycles. The number of carbonyl (C=O) groups is 2. The first kappa shape index (κ1) is 28.0. The van der Waals surface area contributed by atoms with Crippen LogP contribution in [0.3, 0.4) is 0 Å². The number of methoxy groups -OCH3 is 2. The maximum Gasteiger partial charge on any atom is 0.573 e. The number of esters is 1. The van der Waals surface area contributed by atoms with Crippen molar-refractivity contribution >= 4 is 17.6 Å². The van der Waals surface area contributed by atoms with Gasteiger partial charge >= 0.3 is 12.3 Å². The lowest BCUT2D eigenvalue weighted by Crippen LogP contribution is -2.18. The van der Waals surface area contributed by atoms with Crippen molar-refractivity contribution in [2.45, 2.75) is 27.1 Å². The molecule has 1 N–H and O–H groups in total. The topological polar surface area (TPSA) is 118 Å². The quantitative estimate of drug-likeness (QED) is 0.368. The van der Waals surface area contributed by atoms with Gasteiger partial charge in [-0.1, -0.05) is 0 Å². The third kappa shape index (κ3) is 6.60. The lowest BCUT2D eigenvalue weighted by atomic mass is 10.1. The molecular formula is C25H24F3N3O7. The molecular weight excluding hydrogens is 511 g/mol. The number of rotatable bonds is 9. The van der Waals surface area contributed by atoms with Crippen LogP contribution in [0.4, 0.5) is 18.9 Å². The number of nitrogens with one attached hydrogen (secondary N) is 1. The fraction of sp³-hybridized carbons (Fsp3) is 0.280. The molecule has 2 aromatic heterocycles. The molecule has 3 aromatic rings. The van der Waals surface area contributed by atoms with Gasteiger partial charge in [-0.25, -0.2) is 9.78 Å². The highest BCUT2D eigenvalue weighted by molar-refractivity contribution is 6.09. The molecule has 0 radical (unpaired) electrons. The number of amides is 1. The summed E-state index contributed by atoms with van der Waals surface area (Å²) in [6, 6.07) is 4.57. The fourth-order valence-electron chi connectivity index (χ4n) is 3.29. The van der Waals surface area contributed by atoms with Gasteiger partial charge in [0.25, 0.3) is 5.91 Å². The molecule has 0 saturated carbocycles. The van der Waals surface area contributed by atoms with Crippen molar-refractivity contribution in [3.05, 3.63) is 59.2 Å². The van der Waals surface area contributed by atoms with Crippen molar-refractivity contribution in [2.75, 3.05) is 26.1 Å². The van der Waals surface area contributed by atoms with Crippen LogP contribution in [0.15, 0.2) is 36.7 Å². The largest absolute Gasteiger partial charge is 0.573 e. The van der Waals surface area contributed by atoms with Gasteiger partial charge in [-0.2, -0.15) is 0 Å². The molecule has 13 heteroatoms. The minimum Gasteiger partial charge on any atom is -0.493 e. The molecule has 0 fully saturated rings. The summed E-state index contributed by atoms with van der Waals surface area (Å²) in [5.41, 5.74) is 1.14. The van der Waals surface area contributed by atoms with E-state index in [1.807, 2.05) is 0 Å². The molecule has 0 spiro atoms. The second-order valence-electron chi connectivity index (χ2n) is 7.64. The van der Waals surface area contributed by atoms with Crippen LogP contribution in [-0.4, -0.2) is 49.0 Å². The first-order chi connectivity index (χ1) is 18.0. The molecule has 0 unspecified atom stereocenters. The minimum atomic E-state index is -4.90.